The molecule has 0 saturated carbocycles. The molecule has 0 aliphatic rings. The minimum Gasteiger partial charge on any atom is -0.283 e. The Morgan fingerprint density at radius 2 is 1.25 bits per heavy atom. The Bertz CT molecular complexity index is 1030. The van der Waals surface area contributed by atoms with Crippen LogP contribution in [-0.4, -0.2) is 11.5 Å². The molecule has 1 N–H and O–H groups in total. The highest BCUT2D eigenvalue weighted by Gasteiger charge is 2.05. The van der Waals surface area contributed by atoms with Crippen LogP contribution >= 0.6 is 0 Å². The van der Waals surface area contributed by atoms with Crippen LogP contribution in [0.1, 0.15) is 0 Å². The second-order valence-corrected chi connectivity index (χ2v) is 5.59. The summed E-state index contributed by atoms with van der Waals surface area (Å²) in [5.41, 5.74) is 1.53. The predicted molar refractivity (Wildman–Crippen MR) is 100 cm³/mol. The Kier molecular flexibility index (Phi) is 3.69. The highest BCUT2D eigenvalue weighted by atomic mass is 16.5. The molecule has 24 heavy (non-hydrogen) atoms. The highest BCUT2D eigenvalue weighted by Crippen LogP contribution is 2.27. The maximum atomic E-state index is 10.4. The number of rotatable bonds is 3. The van der Waals surface area contributed by atoms with E-state index in [9.17, 15) is 5.21 Å². The lowest BCUT2D eigenvalue weighted by Crippen LogP contribution is -2.15. The van der Waals surface area contributed by atoms with Crippen LogP contribution in [0, 0.1) is 0 Å². The van der Waals surface area contributed by atoms with E-state index in [1.807, 2.05) is 72.8 Å². The van der Waals surface area contributed by atoms with Gasteiger partial charge in [0.2, 0.25) is 0 Å². The molecule has 0 aliphatic carbocycles. The van der Waals surface area contributed by atoms with Crippen molar-refractivity contribution in [1.82, 2.24) is 0 Å². The summed E-state index contributed by atoms with van der Waals surface area (Å²) in [5.74, 6) is 0. The van der Waals surface area contributed by atoms with E-state index in [0.717, 1.165) is 32.3 Å². The molecule has 0 heterocycles. The lowest BCUT2D eigenvalue weighted by Gasteiger charge is -2.14. The molecule has 0 fully saturated rings. The van der Waals surface area contributed by atoms with Crippen LogP contribution < -0.4 is 5.06 Å². The Labute approximate surface area is 140 Å². The van der Waals surface area contributed by atoms with Gasteiger partial charge < -0.3 is 0 Å². The summed E-state index contributed by atoms with van der Waals surface area (Å²) < 4.78 is 0. The first-order chi connectivity index (χ1) is 11.8. The zero-order valence-electron chi connectivity index (χ0n) is 13.0. The first-order valence-corrected chi connectivity index (χ1v) is 7.81. The van der Waals surface area contributed by atoms with Gasteiger partial charge >= 0.3 is 0 Å². The molecule has 0 aromatic heterocycles. The lowest BCUT2D eigenvalue weighted by atomic mass is 10.1. The van der Waals surface area contributed by atoms with Crippen molar-refractivity contribution >= 4 is 39.3 Å². The van der Waals surface area contributed by atoms with Gasteiger partial charge in [-0.05, 0) is 22.9 Å². The van der Waals surface area contributed by atoms with Crippen molar-refractivity contribution < 1.29 is 5.21 Å². The van der Waals surface area contributed by atoms with E-state index in [4.69, 9.17) is 0 Å². The van der Waals surface area contributed by atoms with E-state index < -0.39 is 0 Å². The van der Waals surface area contributed by atoms with Gasteiger partial charge in [-0.1, -0.05) is 72.8 Å². The van der Waals surface area contributed by atoms with Crippen molar-refractivity contribution in [2.75, 3.05) is 5.06 Å². The van der Waals surface area contributed by atoms with E-state index in [1.165, 1.54) is 6.34 Å². The van der Waals surface area contributed by atoms with Gasteiger partial charge in [0.1, 0.15) is 6.34 Å². The average Bonchev–Trinajstić information content (AvgIpc) is 2.65. The Morgan fingerprint density at radius 1 is 0.667 bits per heavy atom. The number of hydrogen-bond donors (Lipinski definition) is 1. The second-order valence-electron chi connectivity index (χ2n) is 5.59. The standard InChI is InChI=1S/C21H16N2O/c24-23(21-14-6-10-17-8-2-4-12-19(17)21)15-22-20-13-5-9-16-7-1-3-11-18(16)20/h1-15,24H/b22-15+. The summed E-state index contributed by atoms with van der Waals surface area (Å²) in [6.45, 7) is 0. The minimum atomic E-state index is 0.706. The first kappa shape index (κ1) is 14.4. The van der Waals surface area contributed by atoms with Crippen LogP contribution in [0.25, 0.3) is 21.5 Å². The third kappa shape index (κ3) is 2.62. The molecule has 0 bridgehead atoms. The third-order valence-corrected chi connectivity index (χ3v) is 4.09. The first-order valence-electron chi connectivity index (χ1n) is 7.81. The van der Waals surface area contributed by atoms with E-state index in [2.05, 4.69) is 17.1 Å². The molecule has 3 heteroatoms. The maximum Gasteiger partial charge on any atom is 0.122 e. The fourth-order valence-corrected chi connectivity index (χ4v) is 2.91. The summed E-state index contributed by atoms with van der Waals surface area (Å²) in [6.07, 6.45) is 1.45. The van der Waals surface area contributed by atoms with Gasteiger partial charge in [-0.15, -0.1) is 0 Å². The fraction of sp³-hybridized carbons (Fsp3) is 0. The van der Waals surface area contributed by atoms with E-state index in [-0.39, 0.29) is 0 Å². The van der Waals surface area contributed by atoms with Gasteiger partial charge in [-0.25, -0.2) is 10.1 Å². The van der Waals surface area contributed by atoms with Crippen molar-refractivity contribution in [3.63, 3.8) is 0 Å². The molecular formula is C21H16N2O. The van der Waals surface area contributed by atoms with E-state index in [1.54, 1.807) is 0 Å². The Morgan fingerprint density at radius 3 is 2.04 bits per heavy atom. The molecule has 0 radical (unpaired) electrons. The molecule has 0 atom stereocenters. The number of anilines is 1. The number of hydroxylamine groups is 1. The second kappa shape index (κ2) is 6.14. The molecule has 116 valence electrons. The molecule has 4 rings (SSSR count). The van der Waals surface area contributed by atoms with Crippen LogP contribution in [0.3, 0.4) is 0 Å². The van der Waals surface area contributed by atoms with Crippen LogP contribution in [-0.2, 0) is 0 Å². The topological polar surface area (TPSA) is 35.8 Å². The van der Waals surface area contributed by atoms with Crippen molar-refractivity contribution in [2.24, 2.45) is 4.99 Å². The lowest BCUT2D eigenvalue weighted by molar-refractivity contribution is 0.318. The van der Waals surface area contributed by atoms with Crippen molar-refractivity contribution in [3.05, 3.63) is 84.9 Å². The molecule has 4 aromatic carbocycles. The quantitative estimate of drug-likeness (QED) is 0.306. The predicted octanol–water partition coefficient (Wildman–Crippen LogP) is 5.55. The molecule has 4 aromatic rings. The number of aliphatic imine (C=N–C) groups is 1. The van der Waals surface area contributed by atoms with Crippen LogP contribution in [0.15, 0.2) is 89.9 Å². The van der Waals surface area contributed by atoms with Crippen molar-refractivity contribution in [2.45, 2.75) is 0 Å². The number of nitrogens with zero attached hydrogens (tertiary/aromatic N) is 2. The number of hydrogen-bond acceptors (Lipinski definition) is 2. The van der Waals surface area contributed by atoms with Gasteiger partial charge in [-0.3, -0.25) is 5.21 Å². The van der Waals surface area contributed by atoms with Gasteiger partial charge in [0.15, 0.2) is 0 Å². The fourth-order valence-electron chi connectivity index (χ4n) is 2.91. The van der Waals surface area contributed by atoms with Gasteiger partial charge in [0.25, 0.3) is 0 Å². The van der Waals surface area contributed by atoms with Gasteiger partial charge in [0, 0.05) is 10.8 Å². The minimum absolute atomic E-state index is 0.706. The molecular weight excluding hydrogens is 296 g/mol. The average molecular weight is 312 g/mol. The summed E-state index contributed by atoms with van der Waals surface area (Å²) in [6, 6.07) is 27.8. The Balaban J connectivity index is 1.72. The monoisotopic (exact) mass is 312 g/mol. The smallest absolute Gasteiger partial charge is 0.122 e. The normalized spacial score (nSPS) is 11.4. The zero-order chi connectivity index (χ0) is 16.4. The molecule has 3 nitrogen and oxygen atoms in total. The molecule has 0 unspecified atom stereocenters. The maximum absolute atomic E-state index is 10.4. The van der Waals surface area contributed by atoms with E-state index >= 15 is 0 Å². The van der Waals surface area contributed by atoms with Crippen LogP contribution in [0.5, 0.6) is 0 Å². The number of benzene rings is 4. The van der Waals surface area contributed by atoms with Gasteiger partial charge in [0.05, 0.1) is 11.4 Å². The molecule has 0 saturated heterocycles. The number of fused-ring (bicyclic) bond motifs is 2. The SMILES string of the molecule is ON(/C=N/c1cccc2ccccc12)c1cccc2ccccc12. The van der Waals surface area contributed by atoms with Crippen molar-refractivity contribution in [3.8, 4) is 0 Å². The van der Waals surface area contributed by atoms with Crippen LogP contribution in [0.2, 0.25) is 0 Å². The largest absolute Gasteiger partial charge is 0.283 e. The Hall–Kier alpha value is -3.17. The summed E-state index contributed by atoms with van der Waals surface area (Å²) >= 11 is 0. The summed E-state index contributed by atoms with van der Waals surface area (Å²) in [4.78, 5) is 4.47. The molecule has 0 amide bonds. The summed E-state index contributed by atoms with van der Waals surface area (Å²) in [7, 11) is 0. The zero-order valence-corrected chi connectivity index (χ0v) is 13.0. The molecule has 0 spiro atoms. The third-order valence-electron chi connectivity index (χ3n) is 4.09. The summed E-state index contributed by atoms with van der Waals surface area (Å²) in [5, 5.41) is 15.7. The van der Waals surface area contributed by atoms with Gasteiger partial charge in [-0.2, -0.15) is 0 Å². The highest BCUT2D eigenvalue weighted by molar-refractivity contribution is 5.99. The van der Waals surface area contributed by atoms with Crippen LogP contribution in [0.4, 0.5) is 11.4 Å². The van der Waals surface area contributed by atoms with E-state index in [0.29, 0.717) is 5.69 Å². The molecule has 0 aliphatic heterocycles. The van der Waals surface area contributed by atoms with Crippen molar-refractivity contribution in [1.29, 1.82) is 0 Å².